The Morgan fingerprint density at radius 1 is 0.846 bits per heavy atom. The molecule has 0 aromatic heterocycles. The van der Waals surface area contributed by atoms with Crippen LogP contribution in [-0.2, 0) is 0 Å². The first-order valence-corrected chi connectivity index (χ1v) is 8.38. The second kappa shape index (κ2) is 7.04. The molecule has 0 fully saturated rings. The van der Waals surface area contributed by atoms with E-state index in [0.717, 1.165) is 5.56 Å². The largest absolute Gasteiger partial charge is 0.497 e. The van der Waals surface area contributed by atoms with E-state index in [0.29, 0.717) is 34.4 Å². The molecule has 0 radical (unpaired) electrons. The van der Waals surface area contributed by atoms with Crippen molar-refractivity contribution < 1.29 is 9.47 Å². The van der Waals surface area contributed by atoms with Gasteiger partial charge in [-0.15, -0.1) is 0 Å². The van der Waals surface area contributed by atoms with Crippen molar-refractivity contribution in [3.8, 4) is 22.6 Å². The highest BCUT2D eigenvalue weighted by Crippen LogP contribution is 2.31. The molecule has 0 atom stereocenters. The minimum Gasteiger partial charge on any atom is -0.497 e. The second-order valence-electron chi connectivity index (χ2n) is 6.41. The summed E-state index contributed by atoms with van der Waals surface area (Å²) in [6, 6.07) is 12.9. The Labute approximate surface area is 151 Å². The number of ether oxygens (including phenoxy) is 2. The zero-order chi connectivity index (χ0) is 18.8. The van der Waals surface area contributed by atoms with E-state index in [1.807, 2.05) is 24.3 Å². The number of hydrogen-bond acceptors (Lipinski definition) is 5. The molecule has 0 heterocycles. The van der Waals surface area contributed by atoms with Crippen LogP contribution in [0.1, 0.15) is 25.3 Å². The zero-order valence-corrected chi connectivity index (χ0v) is 15.3. The Balaban J connectivity index is 1.97. The smallest absolute Gasteiger partial charge is 0.250 e. The first kappa shape index (κ1) is 17.7. The monoisotopic (exact) mass is 351 g/mol. The fourth-order valence-corrected chi connectivity index (χ4v) is 2.84. The van der Waals surface area contributed by atoms with Crippen molar-refractivity contribution in [3.63, 3.8) is 0 Å². The first-order valence-electron chi connectivity index (χ1n) is 8.38. The van der Waals surface area contributed by atoms with Crippen molar-refractivity contribution in [1.82, 2.24) is 0 Å². The number of nitrogens with one attached hydrogen (secondary N) is 1. The maximum atomic E-state index is 12.1. The molecule has 3 rings (SSSR count). The molecular weight excluding hydrogens is 330 g/mol. The predicted molar refractivity (Wildman–Crippen MR) is 104 cm³/mol. The van der Waals surface area contributed by atoms with Gasteiger partial charge in [-0.1, -0.05) is 38.1 Å². The molecule has 0 saturated heterocycles. The normalized spacial score (nSPS) is 11.0. The fraction of sp³-hybridized carbons (Fsp3) is 0.238. The van der Waals surface area contributed by atoms with Gasteiger partial charge in [-0.3, -0.25) is 9.59 Å². The number of benzene rings is 2. The maximum absolute atomic E-state index is 12.1. The van der Waals surface area contributed by atoms with Crippen LogP contribution in [0.25, 0.3) is 11.1 Å². The topological polar surface area (TPSA) is 64.6 Å². The Bertz CT molecular complexity index is 974. The van der Waals surface area contributed by atoms with Gasteiger partial charge in [-0.2, -0.15) is 0 Å². The second-order valence-corrected chi connectivity index (χ2v) is 6.41. The van der Waals surface area contributed by atoms with E-state index < -0.39 is 10.9 Å². The molecule has 3 aromatic rings. The molecule has 0 bridgehead atoms. The van der Waals surface area contributed by atoms with Gasteiger partial charge in [-0.25, -0.2) is 0 Å². The number of rotatable bonds is 6. The van der Waals surface area contributed by atoms with Crippen molar-refractivity contribution >= 4 is 11.4 Å². The van der Waals surface area contributed by atoms with E-state index in [-0.39, 0.29) is 0 Å². The van der Waals surface area contributed by atoms with E-state index in [4.69, 9.17) is 9.47 Å². The summed E-state index contributed by atoms with van der Waals surface area (Å²) in [6.45, 7) is 4.21. The van der Waals surface area contributed by atoms with Gasteiger partial charge in [0.2, 0.25) is 5.43 Å². The lowest BCUT2D eigenvalue weighted by atomic mass is 9.95. The average molecular weight is 351 g/mol. The third-order valence-electron chi connectivity index (χ3n) is 4.40. The maximum Gasteiger partial charge on any atom is 0.250 e. The van der Waals surface area contributed by atoms with Crippen LogP contribution in [0.3, 0.4) is 0 Å². The van der Waals surface area contributed by atoms with Gasteiger partial charge in [0, 0.05) is 23.9 Å². The minimum atomic E-state index is -0.519. The molecule has 0 aliphatic carbocycles. The van der Waals surface area contributed by atoms with Crippen LogP contribution >= 0.6 is 0 Å². The summed E-state index contributed by atoms with van der Waals surface area (Å²) in [5, 5.41) is 3.04. The molecule has 0 amide bonds. The van der Waals surface area contributed by atoms with Gasteiger partial charge in [-0.05, 0) is 17.0 Å². The highest BCUT2D eigenvalue weighted by Gasteiger charge is 2.22. The predicted octanol–water partition coefficient (Wildman–Crippen LogP) is 3.83. The average Bonchev–Trinajstić information content (AvgIpc) is 2.67. The SMILES string of the molecule is COc1cc(Nc2c(-c3ccc(C(C)C)cc3)c(=O)c2=O)cc(OC)c1. The molecule has 0 aliphatic heterocycles. The van der Waals surface area contributed by atoms with Crippen LogP contribution < -0.4 is 25.6 Å². The summed E-state index contributed by atoms with van der Waals surface area (Å²) in [5.74, 6) is 1.58. The molecule has 0 aliphatic rings. The zero-order valence-electron chi connectivity index (χ0n) is 15.3. The van der Waals surface area contributed by atoms with Crippen LogP contribution in [0.2, 0.25) is 0 Å². The summed E-state index contributed by atoms with van der Waals surface area (Å²) in [5.41, 5.74) is 2.24. The third kappa shape index (κ3) is 3.20. The van der Waals surface area contributed by atoms with E-state index in [1.165, 1.54) is 5.56 Å². The van der Waals surface area contributed by atoms with E-state index in [9.17, 15) is 9.59 Å². The van der Waals surface area contributed by atoms with Gasteiger partial charge >= 0.3 is 0 Å². The molecule has 3 aromatic carbocycles. The Morgan fingerprint density at radius 2 is 1.42 bits per heavy atom. The lowest BCUT2D eigenvalue weighted by Crippen LogP contribution is -2.35. The van der Waals surface area contributed by atoms with Crippen LogP contribution in [0.5, 0.6) is 11.5 Å². The molecule has 5 nitrogen and oxygen atoms in total. The van der Waals surface area contributed by atoms with Crippen molar-refractivity contribution in [2.45, 2.75) is 19.8 Å². The fourth-order valence-electron chi connectivity index (χ4n) is 2.84. The number of hydrogen-bond donors (Lipinski definition) is 1. The summed E-state index contributed by atoms with van der Waals surface area (Å²) in [6.07, 6.45) is 0. The summed E-state index contributed by atoms with van der Waals surface area (Å²) >= 11 is 0. The molecule has 26 heavy (non-hydrogen) atoms. The Hall–Kier alpha value is -3.08. The van der Waals surface area contributed by atoms with Crippen LogP contribution in [0.15, 0.2) is 52.1 Å². The van der Waals surface area contributed by atoms with Crippen LogP contribution in [-0.4, -0.2) is 14.2 Å². The molecule has 1 N–H and O–H groups in total. The minimum absolute atomic E-state index is 0.294. The molecule has 0 unspecified atom stereocenters. The number of anilines is 2. The van der Waals surface area contributed by atoms with E-state index in [2.05, 4.69) is 19.2 Å². The van der Waals surface area contributed by atoms with Crippen molar-refractivity contribution in [1.29, 1.82) is 0 Å². The lowest BCUT2D eigenvalue weighted by Gasteiger charge is -2.15. The quantitative estimate of drug-likeness (QED) is 0.684. The van der Waals surface area contributed by atoms with Crippen LogP contribution in [0.4, 0.5) is 11.4 Å². The Morgan fingerprint density at radius 3 is 1.92 bits per heavy atom. The summed E-state index contributed by atoms with van der Waals surface area (Å²) < 4.78 is 10.5. The Kier molecular flexibility index (Phi) is 4.80. The molecule has 0 spiro atoms. The van der Waals surface area contributed by atoms with Gasteiger partial charge in [0.1, 0.15) is 17.2 Å². The van der Waals surface area contributed by atoms with E-state index >= 15 is 0 Å². The van der Waals surface area contributed by atoms with Crippen molar-refractivity contribution in [3.05, 3.63) is 68.5 Å². The van der Waals surface area contributed by atoms with Crippen LogP contribution in [0, 0.1) is 0 Å². The van der Waals surface area contributed by atoms with Gasteiger partial charge in [0.25, 0.3) is 5.43 Å². The summed E-state index contributed by atoms with van der Waals surface area (Å²) in [7, 11) is 3.11. The highest BCUT2D eigenvalue weighted by molar-refractivity contribution is 5.85. The lowest BCUT2D eigenvalue weighted by molar-refractivity contribution is 0.395. The van der Waals surface area contributed by atoms with Gasteiger partial charge in [0.05, 0.1) is 19.8 Å². The third-order valence-corrected chi connectivity index (χ3v) is 4.40. The molecule has 5 heteroatoms. The first-order chi connectivity index (χ1) is 12.4. The number of methoxy groups -OCH3 is 2. The summed E-state index contributed by atoms with van der Waals surface area (Å²) in [4.78, 5) is 24.2. The van der Waals surface area contributed by atoms with E-state index in [1.54, 1.807) is 32.4 Å². The van der Waals surface area contributed by atoms with Crippen molar-refractivity contribution in [2.75, 3.05) is 19.5 Å². The van der Waals surface area contributed by atoms with Gasteiger partial charge < -0.3 is 14.8 Å². The standard InChI is InChI=1S/C21H21NO4/c1-12(2)13-5-7-14(8-6-13)18-19(21(24)20(18)23)22-15-9-16(25-3)11-17(10-15)26-4/h5-12,22H,1-4H3. The highest BCUT2D eigenvalue weighted by atomic mass is 16.5. The van der Waals surface area contributed by atoms with Gasteiger partial charge in [0.15, 0.2) is 0 Å². The molecule has 134 valence electrons. The molecule has 0 saturated carbocycles. The van der Waals surface area contributed by atoms with Crippen molar-refractivity contribution in [2.24, 2.45) is 0 Å². The molecular formula is C21H21NO4.